The molecule has 1 unspecified atom stereocenters. The van der Waals surface area contributed by atoms with Crippen molar-refractivity contribution in [2.75, 3.05) is 7.05 Å². The quantitative estimate of drug-likeness (QED) is 0.900. The van der Waals surface area contributed by atoms with Gasteiger partial charge in [-0.3, -0.25) is 4.79 Å². The third kappa shape index (κ3) is 4.07. The van der Waals surface area contributed by atoms with Crippen molar-refractivity contribution < 1.29 is 18.3 Å². The monoisotopic (exact) mass is 325 g/mol. The van der Waals surface area contributed by atoms with E-state index in [9.17, 15) is 13.2 Å². The summed E-state index contributed by atoms with van der Waals surface area (Å²) < 4.78 is 24.8. The topological polar surface area (TPSA) is 74.7 Å². The van der Waals surface area contributed by atoms with E-state index in [0.29, 0.717) is 15.6 Å². The molecule has 0 aliphatic carbocycles. The summed E-state index contributed by atoms with van der Waals surface area (Å²) in [6.07, 6.45) is 0. The van der Waals surface area contributed by atoms with E-state index in [1.165, 1.54) is 13.1 Å². The Morgan fingerprint density at radius 1 is 1.32 bits per heavy atom. The van der Waals surface area contributed by atoms with E-state index in [0.717, 1.165) is 11.2 Å². The first kappa shape index (κ1) is 16.2. The number of carboxylic acids is 1. The summed E-state index contributed by atoms with van der Waals surface area (Å²) in [5, 5.41) is 8.04. The fourth-order valence-electron chi connectivity index (χ4n) is 1.45. The molecule has 1 aromatic rings. The third-order valence-electron chi connectivity index (χ3n) is 2.56. The van der Waals surface area contributed by atoms with Crippen molar-refractivity contribution in [3.63, 3.8) is 0 Å². The Balaban J connectivity index is 2.96. The van der Waals surface area contributed by atoms with Crippen LogP contribution >= 0.6 is 23.2 Å². The molecule has 0 fully saturated rings. The summed E-state index contributed by atoms with van der Waals surface area (Å²) in [4.78, 5) is 10.8. The van der Waals surface area contributed by atoms with E-state index < -0.39 is 21.2 Å². The van der Waals surface area contributed by atoms with Crippen LogP contribution in [0.25, 0.3) is 0 Å². The zero-order chi connectivity index (χ0) is 14.8. The van der Waals surface area contributed by atoms with Gasteiger partial charge in [0.05, 0.1) is 0 Å². The van der Waals surface area contributed by atoms with Crippen molar-refractivity contribution in [1.82, 2.24) is 4.31 Å². The standard InChI is InChI=1S/C11H13Cl2NO4S/c1-7(11(15)16)19(17,18)14(2)6-8-3-9(12)5-10(13)4-8/h3-5,7H,6H2,1-2H3,(H,15,16). The van der Waals surface area contributed by atoms with Crippen molar-refractivity contribution in [1.29, 1.82) is 0 Å². The average Bonchev–Trinajstić information content (AvgIpc) is 2.26. The molecule has 5 nitrogen and oxygen atoms in total. The predicted molar refractivity (Wildman–Crippen MR) is 73.9 cm³/mol. The molecule has 1 rings (SSSR count). The zero-order valence-corrected chi connectivity index (χ0v) is 12.6. The largest absolute Gasteiger partial charge is 0.480 e. The summed E-state index contributed by atoms with van der Waals surface area (Å²) in [6.45, 7) is 1.12. The average molecular weight is 326 g/mol. The van der Waals surface area contributed by atoms with Crippen LogP contribution in [0.4, 0.5) is 0 Å². The summed E-state index contributed by atoms with van der Waals surface area (Å²) in [5.74, 6) is -1.39. The molecule has 0 saturated carbocycles. The number of hydrogen-bond acceptors (Lipinski definition) is 3. The SMILES string of the molecule is CC(C(=O)O)S(=O)(=O)N(C)Cc1cc(Cl)cc(Cl)c1. The van der Waals surface area contributed by atoms with Crippen molar-refractivity contribution in [3.8, 4) is 0 Å². The van der Waals surface area contributed by atoms with Crippen LogP contribution in [0.3, 0.4) is 0 Å². The fourth-order valence-corrected chi connectivity index (χ4v) is 3.14. The fraction of sp³-hybridized carbons (Fsp3) is 0.364. The zero-order valence-electron chi connectivity index (χ0n) is 10.3. The molecule has 1 atom stereocenters. The highest BCUT2D eigenvalue weighted by Gasteiger charge is 2.31. The lowest BCUT2D eigenvalue weighted by Crippen LogP contribution is -2.38. The number of carboxylic acid groups (broad SMARTS) is 1. The van der Waals surface area contributed by atoms with Gasteiger partial charge in [0.1, 0.15) is 0 Å². The molecule has 0 heterocycles. The summed E-state index contributed by atoms with van der Waals surface area (Å²) in [6, 6.07) is 4.68. The van der Waals surface area contributed by atoms with Crippen LogP contribution < -0.4 is 0 Å². The Labute approximate surface area is 121 Å². The van der Waals surface area contributed by atoms with Gasteiger partial charge in [0, 0.05) is 23.6 Å². The van der Waals surface area contributed by atoms with Crippen LogP contribution in [0.2, 0.25) is 10.0 Å². The highest BCUT2D eigenvalue weighted by molar-refractivity contribution is 7.90. The van der Waals surface area contributed by atoms with Crippen LogP contribution in [0, 0.1) is 0 Å². The Hall–Kier alpha value is -0.820. The molecule has 0 aliphatic heterocycles. The van der Waals surface area contributed by atoms with Gasteiger partial charge >= 0.3 is 5.97 Å². The first-order chi connectivity index (χ1) is 8.64. The molecule has 0 amide bonds. The van der Waals surface area contributed by atoms with Crippen molar-refractivity contribution in [2.45, 2.75) is 18.7 Å². The maximum absolute atomic E-state index is 11.9. The van der Waals surface area contributed by atoms with Crippen LogP contribution in [-0.2, 0) is 21.4 Å². The molecule has 0 saturated heterocycles. The number of benzene rings is 1. The van der Waals surface area contributed by atoms with E-state index in [4.69, 9.17) is 28.3 Å². The predicted octanol–water partition coefficient (Wildman–Crippen LogP) is 2.23. The minimum Gasteiger partial charge on any atom is -0.480 e. The van der Waals surface area contributed by atoms with Crippen LogP contribution in [0.15, 0.2) is 18.2 Å². The Morgan fingerprint density at radius 2 is 1.79 bits per heavy atom. The second kappa shape index (κ2) is 6.09. The second-order valence-corrected chi connectivity index (χ2v) is 7.29. The molecule has 0 bridgehead atoms. The van der Waals surface area contributed by atoms with E-state index in [-0.39, 0.29) is 6.54 Å². The molecule has 0 aromatic heterocycles. The van der Waals surface area contributed by atoms with Gasteiger partial charge in [-0.15, -0.1) is 0 Å². The smallest absolute Gasteiger partial charge is 0.323 e. The summed E-state index contributed by atoms with van der Waals surface area (Å²) in [5.41, 5.74) is 0.584. The lowest BCUT2D eigenvalue weighted by Gasteiger charge is -2.20. The van der Waals surface area contributed by atoms with Gasteiger partial charge in [0.2, 0.25) is 10.0 Å². The Morgan fingerprint density at radius 3 is 2.21 bits per heavy atom. The molecular formula is C11H13Cl2NO4S. The molecule has 0 aliphatic rings. The molecular weight excluding hydrogens is 313 g/mol. The van der Waals surface area contributed by atoms with Gasteiger partial charge in [-0.2, -0.15) is 4.31 Å². The molecule has 1 aromatic carbocycles. The highest BCUT2D eigenvalue weighted by atomic mass is 35.5. The number of sulfonamides is 1. The van der Waals surface area contributed by atoms with Gasteiger partial charge in [-0.1, -0.05) is 23.2 Å². The molecule has 19 heavy (non-hydrogen) atoms. The Bertz CT molecular complexity index is 568. The van der Waals surface area contributed by atoms with E-state index in [1.54, 1.807) is 12.1 Å². The first-order valence-electron chi connectivity index (χ1n) is 5.27. The van der Waals surface area contributed by atoms with Gasteiger partial charge in [0.15, 0.2) is 5.25 Å². The lowest BCUT2D eigenvalue weighted by molar-refractivity contribution is -0.136. The minimum atomic E-state index is -3.91. The van der Waals surface area contributed by atoms with Gasteiger partial charge in [-0.25, -0.2) is 8.42 Å². The van der Waals surface area contributed by atoms with Gasteiger partial charge in [0.25, 0.3) is 0 Å². The minimum absolute atomic E-state index is 0.000231. The number of hydrogen-bond donors (Lipinski definition) is 1. The first-order valence-corrected chi connectivity index (χ1v) is 7.53. The number of halogens is 2. The van der Waals surface area contributed by atoms with Gasteiger partial charge in [-0.05, 0) is 30.7 Å². The van der Waals surface area contributed by atoms with Crippen molar-refractivity contribution in [2.24, 2.45) is 0 Å². The third-order valence-corrected chi connectivity index (χ3v) is 5.09. The van der Waals surface area contributed by atoms with Crippen LogP contribution in [0.5, 0.6) is 0 Å². The maximum Gasteiger partial charge on any atom is 0.323 e. The lowest BCUT2D eigenvalue weighted by atomic mass is 10.2. The molecule has 0 spiro atoms. The van der Waals surface area contributed by atoms with Crippen LogP contribution in [0.1, 0.15) is 12.5 Å². The van der Waals surface area contributed by atoms with Gasteiger partial charge < -0.3 is 5.11 Å². The number of aliphatic carboxylic acids is 1. The van der Waals surface area contributed by atoms with E-state index in [1.807, 2.05) is 0 Å². The molecule has 106 valence electrons. The summed E-state index contributed by atoms with van der Waals surface area (Å²) >= 11 is 11.6. The van der Waals surface area contributed by atoms with Crippen molar-refractivity contribution in [3.05, 3.63) is 33.8 Å². The number of rotatable bonds is 5. The normalized spacial score (nSPS) is 13.5. The van der Waals surface area contributed by atoms with E-state index >= 15 is 0 Å². The highest BCUT2D eigenvalue weighted by Crippen LogP contribution is 2.21. The molecule has 1 N–H and O–H groups in total. The van der Waals surface area contributed by atoms with Crippen molar-refractivity contribution >= 4 is 39.2 Å². The van der Waals surface area contributed by atoms with E-state index in [2.05, 4.69) is 0 Å². The number of carbonyl (C=O) groups is 1. The molecule has 0 radical (unpaired) electrons. The Kier molecular flexibility index (Phi) is 5.20. The maximum atomic E-state index is 11.9. The summed E-state index contributed by atoms with van der Waals surface area (Å²) in [7, 11) is -2.61. The number of nitrogens with zero attached hydrogens (tertiary/aromatic N) is 1. The second-order valence-electron chi connectivity index (χ2n) is 4.06. The van der Waals surface area contributed by atoms with Crippen LogP contribution in [-0.4, -0.2) is 36.1 Å². The molecule has 8 heteroatoms.